The molecule has 36 heavy (non-hydrogen) atoms. The maximum atomic E-state index is 13.2. The van der Waals surface area contributed by atoms with E-state index in [1.165, 1.54) is 5.56 Å². The van der Waals surface area contributed by atoms with Crippen LogP contribution in [0.25, 0.3) is 11.4 Å². The molecule has 0 radical (unpaired) electrons. The van der Waals surface area contributed by atoms with E-state index in [1.54, 1.807) is 17.0 Å². The maximum Gasteiger partial charge on any atom is 0.256 e. The fourth-order valence-corrected chi connectivity index (χ4v) is 4.69. The van der Waals surface area contributed by atoms with Crippen LogP contribution in [0.1, 0.15) is 34.7 Å². The second-order valence-electron chi connectivity index (χ2n) is 9.39. The largest absolute Gasteiger partial charge is 0.378 e. The summed E-state index contributed by atoms with van der Waals surface area (Å²) >= 11 is 0. The maximum absolute atomic E-state index is 13.2. The second-order valence-corrected chi connectivity index (χ2v) is 9.39. The van der Waals surface area contributed by atoms with E-state index in [4.69, 9.17) is 9.26 Å². The Balaban J connectivity index is 1.21. The highest BCUT2D eigenvalue weighted by Crippen LogP contribution is 2.24. The number of hydrogen-bond donors (Lipinski definition) is 1. The molecule has 1 unspecified atom stereocenters. The van der Waals surface area contributed by atoms with Gasteiger partial charge < -0.3 is 19.5 Å². The molecule has 3 aromatic rings. The molecule has 2 aliphatic rings. The Morgan fingerprint density at radius 3 is 2.64 bits per heavy atom. The lowest BCUT2D eigenvalue weighted by Crippen LogP contribution is -2.42. The third-order valence-electron chi connectivity index (χ3n) is 6.73. The quantitative estimate of drug-likeness (QED) is 0.567. The summed E-state index contributed by atoms with van der Waals surface area (Å²) in [6.45, 7) is 6.16. The zero-order valence-electron chi connectivity index (χ0n) is 20.5. The molecule has 9 heteroatoms. The van der Waals surface area contributed by atoms with Crippen LogP contribution in [0.15, 0.2) is 53.1 Å². The van der Waals surface area contributed by atoms with Gasteiger partial charge in [-0.3, -0.25) is 14.5 Å². The van der Waals surface area contributed by atoms with Crippen LogP contribution in [0.3, 0.4) is 0 Å². The lowest BCUT2D eigenvalue weighted by molar-refractivity contribution is -0.121. The van der Waals surface area contributed by atoms with E-state index < -0.39 is 0 Å². The smallest absolute Gasteiger partial charge is 0.256 e. The first-order valence-corrected chi connectivity index (χ1v) is 12.5. The van der Waals surface area contributed by atoms with Gasteiger partial charge in [-0.1, -0.05) is 47.1 Å². The van der Waals surface area contributed by atoms with E-state index in [-0.39, 0.29) is 17.7 Å². The van der Waals surface area contributed by atoms with Crippen molar-refractivity contribution in [1.82, 2.24) is 19.9 Å². The molecule has 1 N–H and O–H groups in total. The normalized spacial score (nSPS) is 18.7. The molecular formula is C27H31N5O4. The number of piperidine rings is 1. The van der Waals surface area contributed by atoms with Crippen LogP contribution in [-0.4, -0.2) is 71.1 Å². The van der Waals surface area contributed by atoms with Gasteiger partial charge in [0.1, 0.15) is 0 Å². The number of anilines is 1. The molecule has 0 spiro atoms. The zero-order chi connectivity index (χ0) is 24.9. The molecule has 2 fully saturated rings. The van der Waals surface area contributed by atoms with Gasteiger partial charge in [-0.2, -0.15) is 4.98 Å². The summed E-state index contributed by atoms with van der Waals surface area (Å²) in [7, 11) is 0. The predicted molar refractivity (Wildman–Crippen MR) is 134 cm³/mol. The number of aromatic nitrogens is 2. The first-order valence-electron chi connectivity index (χ1n) is 12.5. The number of rotatable bonds is 6. The average molecular weight is 490 g/mol. The zero-order valence-corrected chi connectivity index (χ0v) is 20.5. The van der Waals surface area contributed by atoms with E-state index in [2.05, 4.69) is 20.4 Å². The topological polar surface area (TPSA) is 101 Å². The number of para-hydroxylation sites is 1. The van der Waals surface area contributed by atoms with Crippen molar-refractivity contribution in [3.63, 3.8) is 0 Å². The first-order chi connectivity index (χ1) is 17.6. The molecule has 2 saturated heterocycles. The number of ether oxygens (including phenoxy) is 1. The lowest BCUT2D eigenvalue weighted by atomic mass is 9.96. The molecule has 0 bridgehead atoms. The molecule has 0 saturated carbocycles. The highest BCUT2D eigenvalue weighted by atomic mass is 16.5. The third-order valence-corrected chi connectivity index (χ3v) is 6.73. The number of hydrogen-bond acceptors (Lipinski definition) is 7. The first kappa shape index (κ1) is 24.1. The molecule has 1 atom stereocenters. The Morgan fingerprint density at radius 2 is 1.83 bits per heavy atom. The van der Waals surface area contributed by atoms with Crippen molar-refractivity contribution in [1.29, 1.82) is 0 Å². The highest BCUT2D eigenvalue weighted by Gasteiger charge is 2.28. The summed E-state index contributed by atoms with van der Waals surface area (Å²) in [5.41, 5.74) is 3.15. The van der Waals surface area contributed by atoms with Crippen LogP contribution < -0.4 is 5.32 Å². The predicted octanol–water partition coefficient (Wildman–Crippen LogP) is 3.37. The number of amides is 2. The molecular weight excluding hydrogens is 458 g/mol. The van der Waals surface area contributed by atoms with E-state index >= 15 is 0 Å². The summed E-state index contributed by atoms with van der Waals surface area (Å²) in [6, 6.07) is 15.2. The van der Waals surface area contributed by atoms with Crippen LogP contribution >= 0.6 is 0 Å². The van der Waals surface area contributed by atoms with Crippen LogP contribution in [0.2, 0.25) is 0 Å². The summed E-state index contributed by atoms with van der Waals surface area (Å²) in [5, 5.41) is 7.14. The Hall–Kier alpha value is -3.56. The Bertz CT molecular complexity index is 1200. The van der Waals surface area contributed by atoms with Gasteiger partial charge in [-0.05, 0) is 38.4 Å². The molecule has 2 aromatic carbocycles. The Morgan fingerprint density at radius 1 is 1.06 bits per heavy atom. The number of nitrogens with one attached hydrogen (secondary N) is 1. The minimum Gasteiger partial charge on any atom is -0.378 e. The van der Waals surface area contributed by atoms with Gasteiger partial charge in [-0.25, -0.2) is 0 Å². The van der Waals surface area contributed by atoms with Gasteiger partial charge in [-0.15, -0.1) is 0 Å². The van der Waals surface area contributed by atoms with Crippen molar-refractivity contribution in [2.75, 3.05) is 44.7 Å². The monoisotopic (exact) mass is 489 g/mol. The number of likely N-dealkylation sites (tertiary alicyclic amines) is 1. The van der Waals surface area contributed by atoms with Gasteiger partial charge >= 0.3 is 0 Å². The number of aryl methyl sites for hydroxylation is 1. The third kappa shape index (κ3) is 5.63. The SMILES string of the molecule is Cc1ccc(-c2noc(CN3CCCC(C(=O)Nc4ccccc4C(=O)N4CCOCC4)C3)n2)cc1. The highest BCUT2D eigenvalue weighted by molar-refractivity contribution is 6.04. The summed E-state index contributed by atoms with van der Waals surface area (Å²) in [6.07, 6.45) is 1.69. The molecule has 188 valence electrons. The number of carbonyl (C=O) groups is 2. The van der Waals surface area contributed by atoms with Crippen LogP contribution in [0.5, 0.6) is 0 Å². The van der Waals surface area contributed by atoms with Crippen molar-refractivity contribution in [3.05, 3.63) is 65.5 Å². The Kier molecular flexibility index (Phi) is 7.39. The number of carbonyl (C=O) groups excluding carboxylic acids is 2. The summed E-state index contributed by atoms with van der Waals surface area (Å²) in [4.78, 5) is 34.7. The molecule has 2 aliphatic heterocycles. The van der Waals surface area contributed by atoms with Crippen LogP contribution in [-0.2, 0) is 16.1 Å². The second kappa shape index (κ2) is 11.0. The van der Waals surface area contributed by atoms with E-state index in [0.29, 0.717) is 62.4 Å². The summed E-state index contributed by atoms with van der Waals surface area (Å²) < 4.78 is 10.8. The molecule has 5 rings (SSSR count). The number of morpholine rings is 1. The van der Waals surface area contributed by atoms with Gasteiger partial charge in [0.25, 0.3) is 5.91 Å². The molecule has 9 nitrogen and oxygen atoms in total. The van der Waals surface area contributed by atoms with Crippen molar-refractivity contribution in [2.45, 2.75) is 26.3 Å². The minimum atomic E-state index is -0.190. The Labute approximate surface area is 210 Å². The van der Waals surface area contributed by atoms with Crippen molar-refractivity contribution >= 4 is 17.5 Å². The van der Waals surface area contributed by atoms with Gasteiger partial charge in [0, 0.05) is 25.2 Å². The fraction of sp³-hybridized carbons (Fsp3) is 0.407. The minimum absolute atomic E-state index is 0.0761. The van der Waals surface area contributed by atoms with Crippen molar-refractivity contribution in [3.8, 4) is 11.4 Å². The van der Waals surface area contributed by atoms with Crippen molar-refractivity contribution in [2.24, 2.45) is 5.92 Å². The molecule has 1 aromatic heterocycles. The van der Waals surface area contributed by atoms with Gasteiger partial charge in [0.05, 0.1) is 36.9 Å². The summed E-state index contributed by atoms with van der Waals surface area (Å²) in [5.74, 6) is 0.753. The van der Waals surface area contributed by atoms with Gasteiger partial charge in [0.2, 0.25) is 17.6 Å². The average Bonchev–Trinajstić information content (AvgIpc) is 3.38. The van der Waals surface area contributed by atoms with E-state index in [0.717, 1.165) is 24.9 Å². The fourth-order valence-electron chi connectivity index (χ4n) is 4.69. The molecule has 0 aliphatic carbocycles. The standard InChI is InChI=1S/C27H31N5O4/c1-19-8-10-20(11-9-19)25-29-24(36-30-25)18-31-12-4-5-21(17-31)26(33)28-23-7-3-2-6-22(23)27(34)32-13-15-35-16-14-32/h2-3,6-11,21H,4-5,12-18H2,1H3,(H,28,33). The van der Waals surface area contributed by atoms with Crippen LogP contribution in [0, 0.1) is 12.8 Å². The van der Waals surface area contributed by atoms with E-state index in [9.17, 15) is 9.59 Å². The van der Waals surface area contributed by atoms with Gasteiger partial charge in [0.15, 0.2) is 0 Å². The van der Waals surface area contributed by atoms with Crippen LogP contribution in [0.4, 0.5) is 5.69 Å². The van der Waals surface area contributed by atoms with E-state index in [1.807, 2.05) is 43.3 Å². The number of nitrogens with zero attached hydrogens (tertiary/aromatic N) is 4. The van der Waals surface area contributed by atoms with Crippen molar-refractivity contribution < 1.29 is 18.8 Å². The lowest BCUT2D eigenvalue weighted by Gasteiger charge is -2.31. The number of benzene rings is 2. The molecule has 2 amide bonds. The molecule has 3 heterocycles.